The van der Waals surface area contributed by atoms with Crippen LogP contribution in [0.25, 0.3) is 6.08 Å². The number of ether oxygens (including phenoxy) is 1. The van der Waals surface area contributed by atoms with E-state index in [1.54, 1.807) is 12.1 Å². The minimum atomic E-state index is -1.00. The van der Waals surface area contributed by atoms with E-state index < -0.39 is 12.1 Å². The number of rotatable bonds is 9. The molecule has 0 amide bonds. The van der Waals surface area contributed by atoms with Crippen LogP contribution in [0.4, 0.5) is 0 Å². The lowest BCUT2D eigenvalue weighted by atomic mass is 10.00. The van der Waals surface area contributed by atoms with Crippen molar-refractivity contribution in [2.24, 2.45) is 0 Å². The third-order valence-corrected chi connectivity index (χ3v) is 5.05. The van der Waals surface area contributed by atoms with E-state index in [0.29, 0.717) is 29.5 Å². The average molecular weight is 418 g/mol. The standard InChI is InChI=1S/C26H27NO4/c1-18(2)21-10-12-22(13-11-21)25(28)24-7-5-17-27(24)16-4-6-20-8-14-23(15-9-20)31-19(3)26(29)30/h4-15,17-19H,16H2,1-3H3,(H,29,30)/b6-4+. The van der Waals surface area contributed by atoms with Crippen LogP contribution in [0.2, 0.25) is 0 Å². The Balaban J connectivity index is 1.64. The minimum absolute atomic E-state index is 0.00255. The van der Waals surface area contributed by atoms with Gasteiger partial charge in [-0.25, -0.2) is 4.79 Å². The van der Waals surface area contributed by atoms with Gasteiger partial charge in [0, 0.05) is 18.3 Å². The van der Waals surface area contributed by atoms with Crippen molar-refractivity contribution in [1.82, 2.24) is 4.57 Å². The van der Waals surface area contributed by atoms with Gasteiger partial charge in [-0.05, 0) is 48.2 Å². The van der Waals surface area contributed by atoms with Gasteiger partial charge in [0.1, 0.15) is 5.75 Å². The maximum absolute atomic E-state index is 12.9. The fourth-order valence-electron chi connectivity index (χ4n) is 3.16. The first-order chi connectivity index (χ1) is 14.8. The Labute approximate surface area is 182 Å². The first-order valence-corrected chi connectivity index (χ1v) is 10.3. The molecule has 1 unspecified atom stereocenters. The van der Waals surface area contributed by atoms with Crippen LogP contribution in [0.15, 0.2) is 72.9 Å². The van der Waals surface area contributed by atoms with E-state index in [0.717, 1.165) is 5.56 Å². The highest BCUT2D eigenvalue weighted by atomic mass is 16.5. The topological polar surface area (TPSA) is 68.5 Å². The van der Waals surface area contributed by atoms with Crippen molar-refractivity contribution in [3.05, 3.63) is 95.3 Å². The highest BCUT2D eigenvalue weighted by Gasteiger charge is 2.13. The SMILES string of the molecule is CC(Oc1ccc(/C=C/Cn2cccc2C(=O)c2ccc(C(C)C)cc2)cc1)C(=O)O. The summed E-state index contributed by atoms with van der Waals surface area (Å²) in [6.07, 6.45) is 4.93. The number of carbonyl (C=O) groups is 2. The third-order valence-electron chi connectivity index (χ3n) is 5.05. The second-order valence-corrected chi connectivity index (χ2v) is 7.72. The second kappa shape index (κ2) is 9.94. The smallest absolute Gasteiger partial charge is 0.344 e. The van der Waals surface area contributed by atoms with Gasteiger partial charge in [-0.1, -0.05) is 62.4 Å². The Morgan fingerprint density at radius 3 is 2.29 bits per heavy atom. The summed E-state index contributed by atoms with van der Waals surface area (Å²) in [5.74, 6) is -0.0622. The molecule has 31 heavy (non-hydrogen) atoms. The zero-order valence-electron chi connectivity index (χ0n) is 18.0. The summed E-state index contributed by atoms with van der Waals surface area (Å²) in [6, 6.07) is 18.7. The Bertz CT molecular complexity index is 1060. The predicted molar refractivity (Wildman–Crippen MR) is 122 cm³/mol. The van der Waals surface area contributed by atoms with Crippen LogP contribution in [0, 0.1) is 0 Å². The molecule has 3 aromatic rings. The second-order valence-electron chi connectivity index (χ2n) is 7.72. The number of carbonyl (C=O) groups excluding carboxylic acids is 1. The van der Waals surface area contributed by atoms with Crippen molar-refractivity contribution in [2.75, 3.05) is 0 Å². The number of hydrogen-bond donors (Lipinski definition) is 1. The highest BCUT2D eigenvalue weighted by molar-refractivity contribution is 6.08. The molecule has 0 bridgehead atoms. The summed E-state index contributed by atoms with van der Waals surface area (Å²) >= 11 is 0. The lowest BCUT2D eigenvalue weighted by molar-refractivity contribution is -0.144. The van der Waals surface area contributed by atoms with Crippen LogP contribution in [-0.2, 0) is 11.3 Å². The van der Waals surface area contributed by atoms with E-state index in [1.165, 1.54) is 12.5 Å². The number of benzene rings is 2. The van der Waals surface area contributed by atoms with E-state index in [9.17, 15) is 9.59 Å². The quantitative estimate of drug-likeness (QED) is 0.473. The normalized spacial score (nSPS) is 12.3. The Hall–Kier alpha value is -3.60. The van der Waals surface area contributed by atoms with Gasteiger partial charge in [-0.2, -0.15) is 0 Å². The molecule has 1 N–H and O–H groups in total. The molecule has 1 heterocycles. The number of aliphatic carboxylic acids is 1. The molecule has 0 aliphatic rings. The van der Waals surface area contributed by atoms with Gasteiger partial charge in [-0.15, -0.1) is 0 Å². The molecule has 1 atom stereocenters. The first-order valence-electron chi connectivity index (χ1n) is 10.3. The Kier molecular flexibility index (Phi) is 7.08. The molecule has 2 aromatic carbocycles. The maximum atomic E-state index is 12.9. The zero-order chi connectivity index (χ0) is 22.4. The maximum Gasteiger partial charge on any atom is 0.344 e. The number of ketones is 1. The van der Waals surface area contributed by atoms with Crippen LogP contribution in [0.5, 0.6) is 5.75 Å². The van der Waals surface area contributed by atoms with Gasteiger partial charge in [0.25, 0.3) is 0 Å². The number of aromatic nitrogens is 1. The summed E-state index contributed by atoms with van der Waals surface area (Å²) in [5, 5.41) is 8.91. The van der Waals surface area contributed by atoms with Crippen molar-refractivity contribution in [1.29, 1.82) is 0 Å². The molecule has 0 saturated heterocycles. The van der Waals surface area contributed by atoms with Crippen LogP contribution < -0.4 is 4.74 Å². The summed E-state index contributed by atoms with van der Waals surface area (Å²) < 4.78 is 7.25. The van der Waals surface area contributed by atoms with Gasteiger partial charge in [-0.3, -0.25) is 4.79 Å². The summed E-state index contributed by atoms with van der Waals surface area (Å²) in [5.41, 5.74) is 3.50. The van der Waals surface area contributed by atoms with Gasteiger partial charge in [0.15, 0.2) is 6.10 Å². The lowest BCUT2D eigenvalue weighted by Gasteiger charge is -2.10. The molecule has 0 spiro atoms. The van der Waals surface area contributed by atoms with Crippen molar-refractivity contribution in [3.8, 4) is 5.75 Å². The van der Waals surface area contributed by atoms with Gasteiger partial charge < -0.3 is 14.4 Å². The number of hydrogen-bond acceptors (Lipinski definition) is 3. The van der Waals surface area contributed by atoms with E-state index in [1.807, 2.05) is 71.4 Å². The molecular weight excluding hydrogens is 390 g/mol. The minimum Gasteiger partial charge on any atom is -0.479 e. The molecule has 160 valence electrons. The Morgan fingerprint density at radius 2 is 1.68 bits per heavy atom. The number of nitrogens with zero attached hydrogens (tertiary/aromatic N) is 1. The number of carboxylic acid groups (broad SMARTS) is 1. The monoisotopic (exact) mass is 417 g/mol. The molecule has 0 aliphatic carbocycles. The van der Waals surface area contributed by atoms with Crippen molar-refractivity contribution in [3.63, 3.8) is 0 Å². The summed E-state index contributed by atoms with van der Waals surface area (Å²) in [6.45, 7) is 6.31. The number of allylic oxidation sites excluding steroid dienone is 1. The van der Waals surface area contributed by atoms with Crippen LogP contribution in [0.3, 0.4) is 0 Å². The summed E-state index contributed by atoms with van der Waals surface area (Å²) in [7, 11) is 0. The van der Waals surface area contributed by atoms with E-state index in [4.69, 9.17) is 9.84 Å². The van der Waals surface area contributed by atoms with E-state index in [-0.39, 0.29) is 5.78 Å². The first kappa shape index (κ1) is 22.1. The van der Waals surface area contributed by atoms with Gasteiger partial charge >= 0.3 is 5.97 Å². The molecule has 0 saturated carbocycles. The van der Waals surface area contributed by atoms with Crippen molar-refractivity contribution >= 4 is 17.8 Å². The molecule has 0 aliphatic heterocycles. The lowest BCUT2D eigenvalue weighted by Crippen LogP contribution is -2.22. The third kappa shape index (κ3) is 5.72. The van der Waals surface area contributed by atoms with Crippen LogP contribution >= 0.6 is 0 Å². The van der Waals surface area contributed by atoms with E-state index >= 15 is 0 Å². The predicted octanol–water partition coefficient (Wildman–Crippen LogP) is 5.41. The largest absolute Gasteiger partial charge is 0.479 e. The fraction of sp³-hybridized carbons (Fsp3) is 0.231. The molecular formula is C26H27NO4. The zero-order valence-corrected chi connectivity index (χ0v) is 18.0. The molecule has 5 heteroatoms. The van der Waals surface area contributed by atoms with E-state index in [2.05, 4.69) is 13.8 Å². The molecule has 5 nitrogen and oxygen atoms in total. The fourth-order valence-corrected chi connectivity index (χ4v) is 3.16. The molecule has 3 rings (SSSR count). The van der Waals surface area contributed by atoms with Crippen LogP contribution in [0.1, 0.15) is 53.9 Å². The van der Waals surface area contributed by atoms with Gasteiger partial charge in [0.05, 0.1) is 5.69 Å². The average Bonchev–Trinajstić information content (AvgIpc) is 3.23. The van der Waals surface area contributed by atoms with Gasteiger partial charge in [0.2, 0.25) is 5.78 Å². The number of carboxylic acids is 1. The van der Waals surface area contributed by atoms with Crippen molar-refractivity contribution < 1.29 is 19.4 Å². The van der Waals surface area contributed by atoms with Crippen molar-refractivity contribution in [2.45, 2.75) is 39.3 Å². The highest BCUT2D eigenvalue weighted by Crippen LogP contribution is 2.18. The van der Waals surface area contributed by atoms with Crippen LogP contribution in [-0.4, -0.2) is 27.5 Å². The molecule has 1 aromatic heterocycles. The molecule has 0 fully saturated rings. The summed E-state index contributed by atoms with van der Waals surface area (Å²) in [4.78, 5) is 23.8. The molecule has 0 radical (unpaired) electrons. The Morgan fingerprint density at radius 1 is 1.00 bits per heavy atom.